The summed E-state index contributed by atoms with van der Waals surface area (Å²) in [5.41, 5.74) is 2.01. The molecule has 0 fully saturated rings. The maximum absolute atomic E-state index is 10.7. The number of rotatable bonds is 7. The van der Waals surface area contributed by atoms with E-state index in [4.69, 9.17) is 4.74 Å². The van der Waals surface area contributed by atoms with Crippen molar-refractivity contribution < 1.29 is 14.8 Å². The number of aliphatic hydroxyl groups is 1. The van der Waals surface area contributed by atoms with Gasteiger partial charge in [-0.2, -0.15) is 0 Å². The second-order valence-corrected chi connectivity index (χ2v) is 5.31. The highest BCUT2D eigenvalue weighted by molar-refractivity contribution is 5.33. The van der Waals surface area contributed by atoms with Crippen molar-refractivity contribution in [2.75, 3.05) is 20.8 Å². The zero-order valence-corrected chi connectivity index (χ0v) is 13.2. The lowest BCUT2D eigenvalue weighted by molar-refractivity contribution is -0.384. The van der Waals surface area contributed by atoms with Gasteiger partial charge in [0.1, 0.15) is 5.75 Å². The maximum Gasteiger partial charge on any atom is 0.269 e. The van der Waals surface area contributed by atoms with E-state index >= 15 is 0 Å². The zero-order valence-electron chi connectivity index (χ0n) is 13.2. The molecule has 2 rings (SSSR count). The molecule has 1 N–H and O–H groups in total. The molecule has 2 aromatic carbocycles. The minimum absolute atomic E-state index is 0.0180. The highest BCUT2D eigenvalue weighted by Crippen LogP contribution is 2.23. The largest absolute Gasteiger partial charge is 0.497 e. The van der Waals surface area contributed by atoms with Crippen LogP contribution < -0.4 is 4.74 Å². The predicted molar refractivity (Wildman–Crippen MR) is 87.4 cm³/mol. The fraction of sp³-hybridized carbons (Fsp3) is 0.294. The van der Waals surface area contributed by atoms with Gasteiger partial charge in [-0.25, -0.2) is 0 Å². The Morgan fingerprint density at radius 1 is 1.17 bits per heavy atom. The van der Waals surface area contributed by atoms with Crippen molar-refractivity contribution in [3.05, 3.63) is 69.8 Å². The molecule has 6 heteroatoms. The van der Waals surface area contributed by atoms with Crippen molar-refractivity contribution in [2.24, 2.45) is 0 Å². The van der Waals surface area contributed by atoms with Crippen LogP contribution in [0.25, 0.3) is 0 Å². The van der Waals surface area contributed by atoms with Crippen molar-refractivity contribution in [1.82, 2.24) is 4.90 Å². The molecule has 0 aliphatic rings. The Hall–Kier alpha value is -2.44. The van der Waals surface area contributed by atoms with Crippen LogP contribution in [0.4, 0.5) is 5.69 Å². The topological polar surface area (TPSA) is 75.8 Å². The Bertz CT molecular complexity index is 641. The highest BCUT2D eigenvalue weighted by Gasteiger charge is 2.17. The molecule has 0 aliphatic heterocycles. The molecule has 0 aromatic heterocycles. The molecule has 1 atom stereocenters. The second kappa shape index (κ2) is 7.71. The standard InChI is InChI=1S/C17H20N2O4/c1-18(11-13-3-7-15(8-4-13)19(21)22)17(12-20)14-5-9-16(23-2)10-6-14/h3-10,17,20H,11-12H2,1-2H3/t17-/m1/s1. The Labute approximate surface area is 135 Å². The quantitative estimate of drug-likeness (QED) is 0.628. The molecule has 6 nitrogen and oxygen atoms in total. The van der Waals surface area contributed by atoms with Gasteiger partial charge in [-0.1, -0.05) is 24.3 Å². The number of aliphatic hydroxyl groups excluding tert-OH is 1. The summed E-state index contributed by atoms with van der Waals surface area (Å²) in [7, 11) is 3.52. The first-order valence-corrected chi connectivity index (χ1v) is 7.23. The molecule has 0 aliphatic carbocycles. The van der Waals surface area contributed by atoms with Gasteiger partial charge < -0.3 is 9.84 Å². The molecule has 23 heavy (non-hydrogen) atoms. The van der Waals surface area contributed by atoms with Crippen LogP contribution in [0.2, 0.25) is 0 Å². The van der Waals surface area contributed by atoms with Gasteiger partial charge in [-0.05, 0) is 30.3 Å². The van der Waals surface area contributed by atoms with Crippen LogP contribution in [0.1, 0.15) is 17.2 Å². The van der Waals surface area contributed by atoms with Crippen LogP contribution in [0.3, 0.4) is 0 Å². The number of hydrogen-bond donors (Lipinski definition) is 1. The molecule has 0 spiro atoms. The molecule has 0 heterocycles. The van der Waals surface area contributed by atoms with Gasteiger partial charge >= 0.3 is 0 Å². The van der Waals surface area contributed by atoms with Crippen molar-refractivity contribution in [1.29, 1.82) is 0 Å². The number of benzene rings is 2. The third-order valence-corrected chi connectivity index (χ3v) is 3.78. The van der Waals surface area contributed by atoms with E-state index in [1.54, 1.807) is 19.2 Å². The number of nitro benzene ring substituents is 1. The number of nitrogens with zero attached hydrogens (tertiary/aromatic N) is 2. The average molecular weight is 316 g/mol. The molecule has 0 radical (unpaired) electrons. The van der Waals surface area contributed by atoms with Gasteiger partial charge in [-0.3, -0.25) is 15.0 Å². The maximum atomic E-state index is 10.7. The van der Waals surface area contributed by atoms with Crippen molar-refractivity contribution >= 4 is 5.69 Å². The average Bonchev–Trinajstić information content (AvgIpc) is 2.56. The number of hydrogen-bond acceptors (Lipinski definition) is 5. The first kappa shape index (κ1) is 16.9. The molecular formula is C17H20N2O4. The van der Waals surface area contributed by atoms with Crippen LogP contribution >= 0.6 is 0 Å². The molecule has 122 valence electrons. The minimum atomic E-state index is -0.415. The summed E-state index contributed by atoms with van der Waals surface area (Å²) in [6.45, 7) is 0.561. The van der Waals surface area contributed by atoms with Gasteiger partial charge in [0.25, 0.3) is 5.69 Å². The number of methoxy groups -OCH3 is 1. The summed E-state index contributed by atoms with van der Waals surface area (Å²) in [5.74, 6) is 0.767. The van der Waals surface area contributed by atoms with E-state index in [1.165, 1.54) is 12.1 Å². The van der Waals surface area contributed by atoms with Gasteiger partial charge in [0.2, 0.25) is 0 Å². The first-order chi connectivity index (χ1) is 11.0. The number of nitro groups is 1. The second-order valence-electron chi connectivity index (χ2n) is 5.31. The fourth-order valence-electron chi connectivity index (χ4n) is 2.45. The molecule has 0 saturated carbocycles. The Balaban J connectivity index is 2.09. The molecule has 0 unspecified atom stereocenters. The van der Waals surface area contributed by atoms with E-state index in [-0.39, 0.29) is 18.3 Å². The normalized spacial score (nSPS) is 12.2. The van der Waals surface area contributed by atoms with Gasteiger partial charge in [-0.15, -0.1) is 0 Å². The third kappa shape index (κ3) is 4.28. The summed E-state index contributed by atoms with van der Waals surface area (Å²) in [5, 5.41) is 20.4. The summed E-state index contributed by atoms with van der Waals surface area (Å²) in [4.78, 5) is 12.3. The lowest BCUT2D eigenvalue weighted by atomic mass is 10.1. The molecule has 0 amide bonds. The minimum Gasteiger partial charge on any atom is -0.497 e. The van der Waals surface area contributed by atoms with E-state index in [2.05, 4.69) is 0 Å². The van der Waals surface area contributed by atoms with Crippen LogP contribution in [0.15, 0.2) is 48.5 Å². The van der Waals surface area contributed by atoms with Crippen molar-refractivity contribution in [3.63, 3.8) is 0 Å². The summed E-state index contributed by atoms with van der Waals surface area (Å²) < 4.78 is 5.14. The first-order valence-electron chi connectivity index (χ1n) is 7.23. The zero-order chi connectivity index (χ0) is 16.8. The van der Waals surface area contributed by atoms with E-state index in [9.17, 15) is 15.2 Å². The van der Waals surface area contributed by atoms with Crippen LogP contribution in [0, 0.1) is 10.1 Å². The Kier molecular flexibility index (Phi) is 5.67. The van der Waals surface area contributed by atoms with Crippen LogP contribution in [-0.4, -0.2) is 35.7 Å². The van der Waals surface area contributed by atoms with E-state index in [0.29, 0.717) is 6.54 Å². The van der Waals surface area contributed by atoms with E-state index < -0.39 is 4.92 Å². The Morgan fingerprint density at radius 3 is 2.26 bits per heavy atom. The monoisotopic (exact) mass is 316 g/mol. The van der Waals surface area contributed by atoms with Gasteiger partial charge in [0, 0.05) is 18.7 Å². The van der Waals surface area contributed by atoms with Crippen molar-refractivity contribution in [2.45, 2.75) is 12.6 Å². The Morgan fingerprint density at radius 2 is 1.78 bits per heavy atom. The number of likely N-dealkylation sites (N-methyl/N-ethyl adjacent to an activating group) is 1. The molecular weight excluding hydrogens is 296 g/mol. The summed E-state index contributed by atoms with van der Waals surface area (Å²) >= 11 is 0. The van der Waals surface area contributed by atoms with Crippen LogP contribution in [-0.2, 0) is 6.54 Å². The third-order valence-electron chi connectivity index (χ3n) is 3.78. The smallest absolute Gasteiger partial charge is 0.269 e. The number of ether oxygens (including phenoxy) is 1. The summed E-state index contributed by atoms with van der Waals surface area (Å²) in [6.07, 6.45) is 0. The summed E-state index contributed by atoms with van der Waals surface area (Å²) in [6, 6.07) is 13.9. The van der Waals surface area contributed by atoms with Gasteiger partial charge in [0.05, 0.1) is 24.7 Å². The van der Waals surface area contributed by atoms with E-state index in [0.717, 1.165) is 16.9 Å². The van der Waals surface area contributed by atoms with E-state index in [1.807, 2.05) is 36.2 Å². The lowest BCUT2D eigenvalue weighted by Crippen LogP contribution is -2.26. The SMILES string of the molecule is COc1ccc([C@@H](CO)N(C)Cc2ccc([N+](=O)[O-])cc2)cc1. The van der Waals surface area contributed by atoms with Crippen molar-refractivity contribution in [3.8, 4) is 5.75 Å². The molecule has 2 aromatic rings. The lowest BCUT2D eigenvalue weighted by Gasteiger charge is -2.27. The molecule has 0 bridgehead atoms. The molecule has 0 saturated heterocycles. The predicted octanol–water partition coefficient (Wildman–Crippen LogP) is 2.77. The fourth-order valence-corrected chi connectivity index (χ4v) is 2.45. The number of non-ortho nitro benzene ring substituents is 1. The van der Waals surface area contributed by atoms with Crippen LogP contribution in [0.5, 0.6) is 5.75 Å². The highest BCUT2D eigenvalue weighted by atomic mass is 16.6. The van der Waals surface area contributed by atoms with Gasteiger partial charge in [0.15, 0.2) is 0 Å².